The van der Waals surface area contributed by atoms with Crippen molar-refractivity contribution >= 4 is 7.26 Å². The molecule has 0 aromatic carbocycles. The van der Waals surface area contributed by atoms with Crippen LogP contribution in [0, 0.1) is 10.8 Å². The van der Waals surface area contributed by atoms with E-state index in [1.165, 1.54) is 19.0 Å². The fourth-order valence-electron chi connectivity index (χ4n) is 2.87. The quantitative estimate of drug-likeness (QED) is 0.610. The van der Waals surface area contributed by atoms with Gasteiger partial charge in [-0.15, -0.1) is 0 Å². The second-order valence-corrected chi connectivity index (χ2v) is 13.1. The minimum absolute atomic E-state index is 0.477. The molecule has 1 unspecified atom stereocenters. The molecule has 0 saturated heterocycles. The standard InChI is InChI=1S/C13H31P/c1-9-13(5,10-12(2,3)4)11-14(6,7)8/h14H,9-11H2,1-8H3. The van der Waals surface area contributed by atoms with Gasteiger partial charge in [-0.1, -0.05) is 0 Å². The molecule has 0 fully saturated rings. The summed E-state index contributed by atoms with van der Waals surface area (Å²) in [5.74, 6) is 0. The monoisotopic (exact) mass is 218 g/mol. The van der Waals surface area contributed by atoms with E-state index in [2.05, 4.69) is 54.6 Å². The average molecular weight is 218 g/mol. The molecule has 0 radical (unpaired) electrons. The van der Waals surface area contributed by atoms with Crippen molar-refractivity contribution in [2.45, 2.75) is 47.5 Å². The molecule has 0 heterocycles. The molecule has 0 aliphatic carbocycles. The van der Waals surface area contributed by atoms with Gasteiger partial charge in [-0.05, 0) is 0 Å². The maximum absolute atomic E-state index is 2.49. The van der Waals surface area contributed by atoms with E-state index >= 15 is 0 Å². The van der Waals surface area contributed by atoms with Crippen LogP contribution in [0.15, 0.2) is 0 Å². The molecule has 1 heteroatoms. The molecule has 0 saturated carbocycles. The first-order valence-electron chi connectivity index (χ1n) is 5.97. The second kappa shape index (κ2) is 4.52. The molecule has 0 aliphatic rings. The summed E-state index contributed by atoms with van der Waals surface area (Å²) in [7, 11) is -0.913. The van der Waals surface area contributed by atoms with Gasteiger partial charge in [0.15, 0.2) is 0 Å². The summed E-state index contributed by atoms with van der Waals surface area (Å²) in [5, 5.41) is 0. The van der Waals surface area contributed by atoms with Crippen molar-refractivity contribution in [3.8, 4) is 0 Å². The van der Waals surface area contributed by atoms with Crippen LogP contribution < -0.4 is 0 Å². The molecule has 0 aliphatic heterocycles. The molecule has 0 aromatic rings. The zero-order chi connectivity index (χ0) is 11.6. The summed E-state index contributed by atoms with van der Waals surface area (Å²) < 4.78 is 0. The Morgan fingerprint density at radius 3 is 1.57 bits per heavy atom. The first-order valence-corrected chi connectivity index (χ1v) is 9.68. The van der Waals surface area contributed by atoms with E-state index in [1.807, 2.05) is 0 Å². The first-order chi connectivity index (χ1) is 5.97. The third-order valence-electron chi connectivity index (χ3n) is 2.77. The third-order valence-corrected chi connectivity index (χ3v) is 4.68. The van der Waals surface area contributed by atoms with Crippen LogP contribution in [0.5, 0.6) is 0 Å². The van der Waals surface area contributed by atoms with E-state index < -0.39 is 7.26 Å². The summed E-state index contributed by atoms with van der Waals surface area (Å²) in [4.78, 5) is 0. The van der Waals surface area contributed by atoms with Crippen LogP contribution in [0.2, 0.25) is 0 Å². The molecular formula is C13H31P. The fraction of sp³-hybridized carbons (Fsp3) is 1.00. The van der Waals surface area contributed by atoms with Crippen molar-refractivity contribution in [1.29, 1.82) is 0 Å². The number of hydrogen-bond donors (Lipinski definition) is 0. The molecule has 14 heavy (non-hydrogen) atoms. The summed E-state index contributed by atoms with van der Waals surface area (Å²) in [6.07, 6.45) is 4.16. The summed E-state index contributed by atoms with van der Waals surface area (Å²) in [6.45, 7) is 19.4. The maximum atomic E-state index is 2.49. The van der Waals surface area contributed by atoms with Gasteiger partial charge < -0.3 is 0 Å². The van der Waals surface area contributed by atoms with Crippen molar-refractivity contribution < 1.29 is 0 Å². The van der Waals surface area contributed by atoms with Crippen molar-refractivity contribution in [3.05, 3.63) is 0 Å². The second-order valence-electron chi connectivity index (χ2n) is 7.64. The van der Waals surface area contributed by atoms with Crippen molar-refractivity contribution in [2.24, 2.45) is 10.8 Å². The van der Waals surface area contributed by atoms with Gasteiger partial charge >= 0.3 is 91.7 Å². The van der Waals surface area contributed by atoms with Crippen LogP contribution >= 0.6 is 7.26 Å². The molecule has 1 atom stereocenters. The van der Waals surface area contributed by atoms with Gasteiger partial charge in [0.05, 0.1) is 0 Å². The Morgan fingerprint density at radius 1 is 0.929 bits per heavy atom. The van der Waals surface area contributed by atoms with Crippen LogP contribution in [-0.4, -0.2) is 26.2 Å². The molecule has 0 rings (SSSR count). The Morgan fingerprint density at radius 2 is 1.36 bits per heavy atom. The van der Waals surface area contributed by atoms with Gasteiger partial charge in [-0.3, -0.25) is 0 Å². The van der Waals surface area contributed by atoms with Gasteiger partial charge in [0, 0.05) is 0 Å². The average Bonchev–Trinajstić information content (AvgIpc) is 1.78. The zero-order valence-corrected chi connectivity index (χ0v) is 12.6. The molecular weight excluding hydrogens is 187 g/mol. The molecule has 0 amide bonds. The van der Waals surface area contributed by atoms with Gasteiger partial charge in [0.1, 0.15) is 0 Å². The van der Waals surface area contributed by atoms with Crippen LogP contribution in [0.25, 0.3) is 0 Å². The van der Waals surface area contributed by atoms with Crippen molar-refractivity contribution in [3.63, 3.8) is 0 Å². The van der Waals surface area contributed by atoms with E-state index in [0.717, 1.165) is 0 Å². The predicted octanol–water partition coefficient (Wildman–Crippen LogP) is 4.48. The molecule has 0 spiro atoms. The Labute approximate surface area is 92.2 Å². The minimum atomic E-state index is -0.913. The summed E-state index contributed by atoms with van der Waals surface area (Å²) in [6, 6.07) is 0. The Bertz CT molecular complexity index is 153. The molecule has 0 bridgehead atoms. The van der Waals surface area contributed by atoms with Crippen LogP contribution in [0.3, 0.4) is 0 Å². The molecule has 0 nitrogen and oxygen atoms in total. The summed E-state index contributed by atoms with van der Waals surface area (Å²) >= 11 is 0. The van der Waals surface area contributed by atoms with E-state index in [1.54, 1.807) is 0 Å². The number of hydrogen-bond acceptors (Lipinski definition) is 0. The topological polar surface area (TPSA) is 0 Å². The van der Waals surface area contributed by atoms with E-state index in [4.69, 9.17) is 0 Å². The van der Waals surface area contributed by atoms with Gasteiger partial charge in [-0.2, -0.15) is 0 Å². The first kappa shape index (κ1) is 14.4. The van der Waals surface area contributed by atoms with Gasteiger partial charge in [0.2, 0.25) is 0 Å². The molecule has 0 aromatic heterocycles. The zero-order valence-electron chi connectivity index (χ0n) is 11.6. The van der Waals surface area contributed by atoms with Crippen LogP contribution in [0.4, 0.5) is 0 Å². The molecule has 88 valence electrons. The Balaban J connectivity index is 4.49. The number of rotatable bonds is 4. The van der Waals surface area contributed by atoms with Crippen molar-refractivity contribution in [2.75, 3.05) is 26.2 Å². The van der Waals surface area contributed by atoms with Crippen molar-refractivity contribution in [1.82, 2.24) is 0 Å². The SMILES string of the molecule is CCC(C)(CC(C)(C)C)C[PH](C)(C)C. The van der Waals surface area contributed by atoms with Gasteiger partial charge in [-0.25, -0.2) is 0 Å². The molecule has 0 N–H and O–H groups in total. The van der Waals surface area contributed by atoms with Crippen LogP contribution in [0.1, 0.15) is 47.5 Å². The van der Waals surface area contributed by atoms with E-state index in [9.17, 15) is 0 Å². The summed E-state index contributed by atoms with van der Waals surface area (Å²) in [5.41, 5.74) is 1.05. The normalized spacial score (nSPS) is 19.1. The predicted molar refractivity (Wildman–Crippen MR) is 73.4 cm³/mol. The van der Waals surface area contributed by atoms with Gasteiger partial charge in [0.25, 0.3) is 0 Å². The van der Waals surface area contributed by atoms with Crippen LogP contribution in [-0.2, 0) is 0 Å². The third kappa shape index (κ3) is 6.82. The van der Waals surface area contributed by atoms with E-state index in [-0.39, 0.29) is 0 Å². The Hall–Kier alpha value is 0.430. The fourth-order valence-corrected chi connectivity index (χ4v) is 5.81. The van der Waals surface area contributed by atoms with E-state index in [0.29, 0.717) is 10.8 Å². The Kier molecular flexibility index (Phi) is 4.66.